The van der Waals surface area contributed by atoms with Crippen LogP contribution in [0.3, 0.4) is 0 Å². The quantitative estimate of drug-likeness (QED) is 0.346. The van der Waals surface area contributed by atoms with Crippen LogP contribution < -0.4 is 5.32 Å². The number of imide groups is 1. The highest BCUT2D eigenvalue weighted by molar-refractivity contribution is 7.85. The molecule has 25 heavy (non-hydrogen) atoms. The second kappa shape index (κ2) is 6.61. The summed E-state index contributed by atoms with van der Waals surface area (Å²) in [4.78, 5) is 37.4. The Kier molecular flexibility index (Phi) is 4.91. The minimum Gasteiger partial charge on any atom is -0.355 e. The first-order valence-corrected chi connectivity index (χ1v) is 8.56. The van der Waals surface area contributed by atoms with Crippen molar-refractivity contribution in [3.63, 3.8) is 0 Å². The second-order valence-electron chi connectivity index (χ2n) is 5.37. The Balaban J connectivity index is 2.36. The Morgan fingerprint density at radius 1 is 1.20 bits per heavy atom. The van der Waals surface area contributed by atoms with Crippen LogP contribution in [0.5, 0.6) is 0 Å². The fourth-order valence-corrected chi connectivity index (χ4v) is 2.83. The molecule has 2 N–H and O–H groups in total. The van der Waals surface area contributed by atoms with Gasteiger partial charge in [-0.15, -0.1) is 0 Å². The standard InChI is InChI=1S/C16H16N2O6S/c1-9-10(2)15(20)18(16(21)13(9)14(19)17-3)8-11-4-6-12(7-5-11)25(22,23)24/h4-7H,2,8H2,1,3H3,(H,17,19)(H,22,23,24). The first kappa shape index (κ1) is 18.6. The summed E-state index contributed by atoms with van der Waals surface area (Å²) in [7, 11) is -2.97. The summed E-state index contributed by atoms with van der Waals surface area (Å²) in [5, 5.41) is 2.35. The molecule has 0 saturated heterocycles. The number of carbonyl (C=O) groups excluding carboxylic acids is 3. The summed E-state index contributed by atoms with van der Waals surface area (Å²) in [5.41, 5.74) is 0.527. The molecular formula is C16H16N2O6S. The van der Waals surface area contributed by atoms with E-state index in [2.05, 4.69) is 11.9 Å². The molecule has 0 aromatic heterocycles. The first-order chi connectivity index (χ1) is 11.6. The lowest BCUT2D eigenvalue weighted by molar-refractivity contribution is -0.142. The van der Waals surface area contributed by atoms with Gasteiger partial charge in [-0.2, -0.15) is 8.42 Å². The third kappa shape index (κ3) is 3.52. The van der Waals surface area contributed by atoms with Crippen molar-refractivity contribution in [2.24, 2.45) is 0 Å². The van der Waals surface area contributed by atoms with Crippen molar-refractivity contribution in [1.82, 2.24) is 10.2 Å². The van der Waals surface area contributed by atoms with Crippen LogP contribution in [-0.2, 0) is 31.0 Å². The molecule has 0 spiro atoms. The van der Waals surface area contributed by atoms with E-state index in [1.54, 1.807) is 0 Å². The normalized spacial score (nSPS) is 15.6. The lowest BCUT2D eigenvalue weighted by atomic mass is 9.95. The molecule has 1 aliphatic rings. The predicted octanol–water partition coefficient (Wildman–Crippen LogP) is 0.421. The van der Waals surface area contributed by atoms with Crippen LogP contribution in [0.1, 0.15) is 12.5 Å². The molecule has 0 atom stereocenters. The molecule has 132 valence electrons. The maximum atomic E-state index is 12.5. The van der Waals surface area contributed by atoms with Crippen molar-refractivity contribution in [2.75, 3.05) is 7.05 Å². The molecule has 0 fully saturated rings. The zero-order valence-electron chi connectivity index (χ0n) is 13.6. The van der Waals surface area contributed by atoms with E-state index in [9.17, 15) is 22.8 Å². The van der Waals surface area contributed by atoms with Gasteiger partial charge in [0.15, 0.2) is 0 Å². The van der Waals surface area contributed by atoms with Gasteiger partial charge < -0.3 is 5.32 Å². The van der Waals surface area contributed by atoms with Crippen molar-refractivity contribution < 1.29 is 27.4 Å². The number of hydrogen-bond donors (Lipinski definition) is 2. The van der Waals surface area contributed by atoms with E-state index in [0.29, 0.717) is 5.56 Å². The van der Waals surface area contributed by atoms with E-state index in [0.717, 1.165) is 17.0 Å². The smallest absolute Gasteiger partial charge is 0.294 e. The third-order valence-corrected chi connectivity index (χ3v) is 4.67. The molecule has 3 amide bonds. The molecular weight excluding hydrogens is 348 g/mol. The summed E-state index contributed by atoms with van der Waals surface area (Å²) in [5.74, 6) is -2.01. The van der Waals surface area contributed by atoms with Crippen LogP contribution >= 0.6 is 0 Å². The number of benzene rings is 1. The molecule has 0 bridgehead atoms. The monoisotopic (exact) mass is 364 g/mol. The molecule has 0 saturated carbocycles. The van der Waals surface area contributed by atoms with E-state index in [-0.39, 0.29) is 28.2 Å². The van der Waals surface area contributed by atoms with Gasteiger partial charge in [-0.05, 0) is 30.2 Å². The van der Waals surface area contributed by atoms with E-state index in [4.69, 9.17) is 4.55 Å². The maximum Gasteiger partial charge on any atom is 0.294 e. The number of rotatable bonds is 4. The molecule has 0 unspecified atom stereocenters. The molecule has 8 nitrogen and oxygen atoms in total. The third-order valence-electron chi connectivity index (χ3n) is 3.81. The average Bonchev–Trinajstić information content (AvgIpc) is 2.56. The van der Waals surface area contributed by atoms with Crippen molar-refractivity contribution in [1.29, 1.82) is 0 Å². The molecule has 9 heteroatoms. The zero-order chi connectivity index (χ0) is 18.9. The van der Waals surface area contributed by atoms with Gasteiger partial charge in [0.1, 0.15) is 5.57 Å². The zero-order valence-corrected chi connectivity index (χ0v) is 14.4. The van der Waals surface area contributed by atoms with Crippen LogP contribution in [0.25, 0.3) is 0 Å². The highest BCUT2D eigenvalue weighted by Crippen LogP contribution is 2.25. The summed E-state index contributed by atoms with van der Waals surface area (Å²) >= 11 is 0. The predicted molar refractivity (Wildman–Crippen MR) is 87.7 cm³/mol. The second-order valence-corrected chi connectivity index (χ2v) is 6.79. The van der Waals surface area contributed by atoms with Crippen LogP contribution in [0.2, 0.25) is 0 Å². The molecule has 2 rings (SSSR count). The van der Waals surface area contributed by atoms with Gasteiger partial charge in [-0.1, -0.05) is 18.7 Å². The Morgan fingerprint density at radius 3 is 2.24 bits per heavy atom. The molecule has 0 aliphatic carbocycles. The van der Waals surface area contributed by atoms with Crippen LogP contribution in [0.4, 0.5) is 0 Å². The Hall–Kier alpha value is -2.78. The Labute approximate surface area is 144 Å². The van der Waals surface area contributed by atoms with Gasteiger partial charge >= 0.3 is 0 Å². The summed E-state index contributed by atoms with van der Waals surface area (Å²) < 4.78 is 31.1. The summed E-state index contributed by atoms with van der Waals surface area (Å²) in [6, 6.07) is 5.02. The van der Waals surface area contributed by atoms with Crippen molar-refractivity contribution >= 4 is 27.8 Å². The lowest BCUT2D eigenvalue weighted by Gasteiger charge is -2.28. The van der Waals surface area contributed by atoms with Gasteiger partial charge in [-0.25, -0.2) is 0 Å². The summed E-state index contributed by atoms with van der Waals surface area (Å²) in [6.07, 6.45) is 0. The summed E-state index contributed by atoms with van der Waals surface area (Å²) in [6.45, 7) is 4.92. The highest BCUT2D eigenvalue weighted by atomic mass is 32.2. The van der Waals surface area contributed by atoms with E-state index >= 15 is 0 Å². The van der Waals surface area contributed by atoms with E-state index in [1.165, 1.54) is 26.1 Å². The molecule has 1 aromatic carbocycles. The van der Waals surface area contributed by atoms with Gasteiger partial charge in [0, 0.05) is 12.6 Å². The maximum absolute atomic E-state index is 12.5. The van der Waals surface area contributed by atoms with Gasteiger partial charge in [-0.3, -0.25) is 23.8 Å². The van der Waals surface area contributed by atoms with Gasteiger partial charge in [0.2, 0.25) is 0 Å². The van der Waals surface area contributed by atoms with Gasteiger partial charge in [0.05, 0.1) is 11.4 Å². The van der Waals surface area contributed by atoms with E-state index < -0.39 is 27.8 Å². The molecule has 1 aromatic rings. The largest absolute Gasteiger partial charge is 0.355 e. The lowest BCUT2D eigenvalue weighted by Crippen LogP contribution is -2.45. The number of hydrogen-bond acceptors (Lipinski definition) is 5. The number of nitrogens with zero attached hydrogens (tertiary/aromatic N) is 1. The first-order valence-electron chi connectivity index (χ1n) is 7.12. The van der Waals surface area contributed by atoms with Crippen molar-refractivity contribution in [2.45, 2.75) is 18.4 Å². The molecule has 1 heterocycles. The van der Waals surface area contributed by atoms with E-state index in [1.807, 2.05) is 0 Å². The Morgan fingerprint density at radius 2 is 1.76 bits per heavy atom. The van der Waals surface area contributed by atoms with Crippen LogP contribution in [-0.4, -0.2) is 42.6 Å². The number of carbonyl (C=O) groups is 3. The number of likely N-dealkylation sites (N-methyl/N-ethyl adjacent to an activating group) is 1. The minimum absolute atomic E-state index is 0.0350. The fraction of sp³-hybridized carbons (Fsp3) is 0.188. The highest BCUT2D eigenvalue weighted by Gasteiger charge is 2.37. The van der Waals surface area contributed by atoms with Crippen LogP contribution in [0.15, 0.2) is 52.5 Å². The number of nitrogens with one attached hydrogen (secondary N) is 1. The molecule has 0 radical (unpaired) electrons. The Bertz CT molecular complexity index is 912. The SMILES string of the molecule is C=C1C(=O)N(Cc2ccc(S(=O)(=O)O)cc2)C(=O)C(C(=O)NC)=C1C. The van der Waals surface area contributed by atoms with Gasteiger partial charge in [0.25, 0.3) is 27.8 Å². The average molecular weight is 364 g/mol. The van der Waals surface area contributed by atoms with Crippen molar-refractivity contribution in [3.8, 4) is 0 Å². The fourth-order valence-electron chi connectivity index (χ4n) is 2.35. The van der Waals surface area contributed by atoms with Crippen molar-refractivity contribution in [3.05, 3.63) is 53.1 Å². The topological polar surface area (TPSA) is 121 Å². The minimum atomic E-state index is -4.34. The van der Waals surface area contributed by atoms with Crippen LogP contribution in [0, 0.1) is 0 Å². The number of amides is 3. The molecule has 1 aliphatic heterocycles.